The minimum atomic E-state index is 0.191. The van der Waals surface area contributed by atoms with Crippen molar-refractivity contribution in [1.29, 1.82) is 0 Å². The lowest BCUT2D eigenvalue weighted by Crippen LogP contribution is -2.32. The van der Waals surface area contributed by atoms with E-state index in [1.807, 2.05) is 0 Å². The standard InChI is InChI=1S/C10H16N2O/c1-3-9-6-10(13)12(11-9)7(2)8-4-5-8/h7-8H,3-6H2,1-2H3. The maximum atomic E-state index is 11.5. The second-order valence-corrected chi connectivity index (χ2v) is 4.01. The minimum Gasteiger partial charge on any atom is -0.273 e. The molecule has 1 unspecified atom stereocenters. The van der Waals surface area contributed by atoms with Crippen molar-refractivity contribution in [3.05, 3.63) is 0 Å². The summed E-state index contributed by atoms with van der Waals surface area (Å²) in [5.74, 6) is 0.903. The highest BCUT2D eigenvalue weighted by Gasteiger charge is 2.36. The van der Waals surface area contributed by atoms with Gasteiger partial charge in [0.15, 0.2) is 0 Å². The fourth-order valence-corrected chi connectivity index (χ4v) is 1.79. The van der Waals surface area contributed by atoms with E-state index >= 15 is 0 Å². The average molecular weight is 180 g/mol. The molecule has 1 aliphatic carbocycles. The molecule has 3 heteroatoms. The second-order valence-electron chi connectivity index (χ2n) is 4.01. The normalized spacial score (nSPS) is 24.9. The van der Waals surface area contributed by atoms with Gasteiger partial charge in [-0.1, -0.05) is 6.92 Å². The monoisotopic (exact) mass is 180 g/mol. The van der Waals surface area contributed by atoms with Gasteiger partial charge >= 0.3 is 0 Å². The first-order chi connectivity index (χ1) is 6.22. The topological polar surface area (TPSA) is 32.7 Å². The molecule has 1 atom stereocenters. The highest BCUT2D eigenvalue weighted by molar-refractivity contribution is 6.04. The molecule has 0 N–H and O–H groups in total. The van der Waals surface area contributed by atoms with Crippen LogP contribution in [0.15, 0.2) is 5.10 Å². The molecule has 72 valence electrons. The van der Waals surface area contributed by atoms with Gasteiger partial charge in [0.1, 0.15) is 0 Å². The van der Waals surface area contributed by atoms with Gasteiger partial charge in [-0.3, -0.25) is 4.79 Å². The van der Waals surface area contributed by atoms with Crippen molar-refractivity contribution in [2.24, 2.45) is 11.0 Å². The van der Waals surface area contributed by atoms with Gasteiger partial charge in [-0.2, -0.15) is 5.10 Å². The molecular formula is C10H16N2O. The Kier molecular flexibility index (Phi) is 2.10. The number of rotatable bonds is 3. The number of amides is 1. The first-order valence-electron chi connectivity index (χ1n) is 5.10. The number of carbonyl (C=O) groups excluding carboxylic acids is 1. The van der Waals surface area contributed by atoms with Gasteiger partial charge in [-0.15, -0.1) is 0 Å². The third-order valence-corrected chi connectivity index (χ3v) is 2.96. The molecule has 1 heterocycles. The van der Waals surface area contributed by atoms with E-state index in [-0.39, 0.29) is 5.91 Å². The van der Waals surface area contributed by atoms with Crippen molar-refractivity contribution < 1.29 is 4.79 Å². The summed E-state index contributed by atoms with van der Waals surface area (Å²) >= 11 is 0. The third-order valence-electron chi connectivity index (χ3n) is 2.96. The Morgan fingerprint density at radius 1 is 1.62 bits per heavy atom. The lowest BCUT2D eigenvalue weighted by Gasteiger charge is -2.19. The predicted octanol–water partition coefficient (Wildman–Crippen LogP) is 1.78. The molecule has 2 rings (SSSR count). The van der Waals surface area contributed by atoms with Gasteiger partial charge in [0.05, 0.1) is 12.5 Å². The van der Waals surface area contributed by atoms with Crippen LogP contribution in [0.2, 0.25) is 0 Å². The summed E-state index contributed by atoms with van der Waals surface area (Å²) in [4.78, 5) is 11.5. The fourth-order valence-electron chi connectivity index (χ4n) is 1.79. The Hall–Kier alpha value is -0.860. The van der Waals surface area contributed by atoms with Crippen LogP contribution in [-0.2, 0) is 4.79 Å². The van der Waals surface area contributed by atoms with E-state index in [1.165, 1.54) is 12.8 Å². The Balaban J connectivity index is 2.05. The molecule has 2 aliphatic rings. The highest BCUT2D eigenvalue weighted by atomic mass is 16.2. The minimum absolute atomic E-state index is 0.191. The summed E-state index contributed by atoms with van der Waals surface area (Å²) in [5, 5.41) is 6.05. The average Bonchev–Trinajstić information content (AvgIpc) is 2.89. The number of carbonyl (C=O) groups is 1. The molecule has 3 nitrogen and oxygen atoms in total. The van der Waals surface area contributed by atoms with Gasteiger partial charge in [-0.25, -0.2) is 5.01 Å². The van der Waals surface area contributed by atoms with Crippen LogP contribution in [0.4, 0.5) is 0 Å². The predicted molar refractivity (Wildman–Crippen MR) is 51.4 cm³/mol. The zero-order chi connectivity index (χ0) is 9.42. The molecule has 0 saturated heterocycles. The Labute approximate surface area is 78.8 Å². The van der Waals surface area contributed by atoms with Crippen molar-refractivity contribution >= 4 is 11.6 Å². The SMILES string of the molecule is CCC1=NN(C(C)C2CC2)C(=O)C1. The molecule has 1 amide bonds. The Morgan fingerprint density at radius 2 is 2.31 bits per heavy atom. The number of hydrazone groups is 1. The molecular weight excluding hydrogens is 164 g/mol. The van der Waals surface area contributed by atoms with Crippen LogP contribution in [0, 0.1) is 5.92 Å². The summed E-state index contributed by atoms with van der Waals surface area (Å²) in [6.07, 6.45) is 3.98. The van der Waals surface area contributed by atoms with E-state index in [9.17, 15) is 4.79 Å². The smallest absolute Gasteiger partial charge is 0.248 e. The van der Waals surface area contributed by atoms with E-state index in [4.69, 9.17) is 0 Å². The summed E-state index contributed by atoms with van der Waals surface area (Å²) < 4.78 is 0. The zero-order valence-electron chi connectivity index (χ0n) is 8.29. The van der Waals surface area contributed by atoms with Crippen LogP contribution in [0.5, 0.6) is 0 Å². The Morgan fingerprint density at radius 3 is 2.77 bits per heavy atom. The highest BCUT2D eigenvalue weighted by Crippen LogP contribution is 2.36. The Bertz CT molecular complexity index is 256. The molecule has 0 aromatic carbocycles. The molecule has 0 aromatic rings. The van der Waals surface area contributed by atoms with Crippen molar-refractivity contribution in [2.75, 3.05) is 0 Å². The van der Waals surface area contributed by atoms with Gasteiger partial charge in [0.25, 0.3) is 0 Å². The van der Waals surface area contributed by atoms with Crippen molar-refractivity contribution in [3.8, 4) is 0 Å². The van der Waals surface area contributed by atoms with E-state index in [0.29, 0.717) is 18.4 Å². The molecule has 0 bridgehead atoms. The van der Waals surface area contributed by atoms with Gasteiger partial charge < -0.3 is 0 Å². The number of hydrogen-bond donors (Lipinski definition) is 0. The van der Waals surface area contributed by atoms with Gasteiger partial charge in [0, 0.05) is 5.71 Å². The second kappa shape index (κ2) is 3.13. The molecule has 0 radical (unpaired) electrons. The zero-order valence-corrected chi connectivity index (χ0v) is 8.29. The molecule has 1 fully saturated rings. The lowest BCUT2D eigenvalue weighted by atomic mass is 10.2. The summed E-state index contributed by atoms with van der Waals surface area (Å²) in [7, 11) is 0. The molecule has 13 heavy (non-hydrogen) atoms. The molecule has 1 aliphatic heterocycles. The lowest BCUT2D eigenvalue weighted by molar-refractivity contribution is -0.130. The molecule has 0 spiro atoms. The van der Waals surface area contributed by atoms with E-state index < -0.39 is 0 Å². The summed E-state index contributed by atoms with van der Waals surface area (Å²) in [6, 6.07) is 0.330. The van der Waals surface area contributed by atoms with Crippen molar-refractivity contribution in [1.82, 2.24) is 5.01 Å². The van der Waals surface area contributed by atoms with Crippen LogP contribution < -0.4 is 0 Å². The molecule has 0 aromatic heterocycles. The van der Waals surface area contributed by atoms with Crippen LogP contribution in [0.1, 0.15) is 39.5 Å². The molecule has 1 saturated carbocycles. The maximum absolute atomic E-state index is 11.5. The van der Waals surface area contributed by atoms with Gasteiger partial charge in [-0.05, 0) is 32.1 Å². The van der Waals surface area contributed by atoms with E-state index in [1.54, 1.807) is 5.01 Å². The van der Waals surface area contributed by atoms with Crippen LogP contribution in [-0.4, -0.2) is 22.7 Å². The number of hydrogen-bond acceptors (Lipinski definition) is 2. The van der Waals surface area contributed by atoms with Crippen LogP contribution >= 0.6 is 0 Å². The van der Waals surface area contributed by atoms with Crippen molar-refractivity contribution in [2.45, 2.75) is 45.6 Å². The largest absolute Gasteiger partial charge is 0.273 e. The van der Waals surface area contributed by atoms with Gasteiger partial charge in [0.2, 0.25) is 5.91 Å². The quantitative estimate of drug-likeness (QED) is 0.651. The first-order valence-corrected chi connectivity index (χ1v) is 5.10. The van der Waals surface area contributed by atoms with Crippen LogP contribution in [0.25, 0.3) is 0 Å². The van der Waals surface area contributed by atoms with E-state index in [2.05, 4.69) is 18.9 Å². The fraction of sp³-hybridized carbons (Fsp3) is 0.800. The number of nitrogens with zero attached hydrogens (tertiary/aromatic N) is 2. The third kappa shape index (κ3) is 1.60. The maximum Gasteiger partial charge on any atom is 0.248 e. The summed E-state index contributed by atoms with van der Waals surface area (Å²) in [6.45, 7) is 4.16. The van der Waals surface area contributed by atoms with Crippen LogP contribution in [0.3, 0.4) is 0 Å². The first kappa shape index (κ1) is 8.73. The van der Waals surface area contributed by atoms with E-state index in [0.717, 1.165) is 12.1 Å². The van der Waals surface area contributed by atoms with Crippen molar-refractivity contribution in [3.63, 3.8) is 0 Å². The summed E-state index contributed by atoms with van der Waals surface area (Å²) in [5.41, 5.74) is 1.04.